The maximum absolute atomic E-state index is 13.1. The number of aliphatic imine (C=N–C) groups is 1. The lowest BCUT2D eigenvalue weighted by molar-refractivity contribution is 0.0972. The van der Waals surface area contributed by atoms with Gasteiger partial charge in [-0.05, 0) is 36.3 Å². The van der Waals surface area contributed by atoms with Crippen LogP contribution in [-0.4, -0.2) is 23.6 Å². The summed E-state index contributed by atoms with van der Waals surface area (Å²) in [5.41, 5.74) is 5.22. The lowest BCUT2D eigenvalue weighted by atomic mass is 9.81. The van der Waals surface area contributed by atoms with Crippen molar-refractivity contribution in [3.05, 3.63) is 142 Å². The van der Waals surface area contributed by atoms with Crippen LogP contribution in [0, 0.1) is 6.92 Å². The van der Waals surface area contributed by atoms with Crippen molar-refractivity contribution < 1.29 is 14.4 Å². The molecule has 0 bridgehead atoms. The van der Waals surface area contributed by atoms with Crippen molar-refractivity contribution in [1.82, 2.24) is 0 Å². The second kappa shape index (κ2) is 9.27. The number of carbonyl (C=O) groups is 3. The molecule has 0 spiro atoms. The molecule has 1 aliphatic rings. The van der Waals surface area contributed by atoms with E-state index in [4.69, 9.17) is 0 Å². The van der Waals surface area contributed by atoms with Crippen LogP contribution in [-0.2, 0) is 0 Å². The minimum absolute atomic E-state index is 0.175. The second-order valence-corrected chi connectivity index (χ2v) is 8.39. The summed E-state index contributed by atoms with van der Waals surface area (Å²) in [5.74, 6) is -0.867. The first-order valence-corrected chi connectivity index (χ1v) is 11.3. The summed E-state index contributed by atoms with van der Waals surface area (Å²) in [6.45, 7) is 2.04. The zero-order valence-corrected chi connectivity index (χ0v) is 19.1. The van der Waals surface area contributed by atoms with Gasteiger partial charge >= 0.3 is 0 Å². The van der Waals surface area contributed by atoms with Crippen molar-refractivity contribution in [2.24, 2.45) is 4.99 Å². The van der Waals surface area contributed by atoms with Gasteiger partial charge in [-0.15, -0.1) is 0 Å². The van der Waals surface area contributed by atoms with E-state index < -0.39 is 0 Å². The SMILES string of the molecule is Cc1ccc(N=Cc2ccc(/C=C/C(=O)c3cccc4c3C(=O)c3ccccc3C4=O)cc2)cc1. The molecule has 0 unspecified atom stereocenters. The van der Waals surface area contributed by atoms with Gasteiger partial charge < -0.3 is 0 Å². The highest BCUT2D eigenvalue weighted by molar-refractivity contribution is 6.31. The number of hydrogen-bond acceptors (Lipinski definition) is 4. The van der Waals surface area contributed by atoms with Gasteiger partial charge in [-0.25, -0.2) is 0 Å². The zero-order valence-electron chi connectivity index (χ0n) is 19.1. The Balaban J connectivity index is 1.36. The van der Waals surface area contributed by atoms with E-state index in [1.807, 2.05) is 55.5 Å². The van der Waals surface area contributed by atoms with Gasteiger partial charge in [-0.1, -0.05) is 90.5 Å². The lowest BCUT2D eigenvalue weighted by Crippen LogP contribution is -2.23. The van der Waals surface area contributed by atoms with Gasteiger partial charge in [-0.3, -0.25) is 19.4 Å². The third kappa shape index (κ3) is 4.42. The maximum Gasteiger partial charge on any atom is 0.195 e. The summed E-state index contributed by atoms with van der Waals surface area (Å²) in [6, 6.07) is 27.1. The summed E-state index contributed by atoms with van der Waals surface area (Å²) >= 11 is 0. The molecule has 1 aliphatic carbocycles. The number of rotatable bonds is 5. The van der Waals surface area contributed by atoms with Crippen LogP contribution < -0.4 is 0 Å². The quantitative estimate of drug-likeness (QED) is 0.175. The van der Waals surface area contributed by atoms with E-state index in [1.54, 1.807) is 54.8 Å². The van der Waals surface area contributed by atoms with Crippen molar-refractivity contribution in [2.45, 2.75) is 6.92 Å². The summed E-state index contributed by atoms with van der Waals surface area (Å²) in [4.78, 5) is 43.5. The fourth-order valence-corrected chi connectivity index (χ4v) is 4.09. The molecule has 0 aromatic heterocycles. The predicted octanol–water partition coefficient (Wildman–Crippen LogP) is 6.42. The topological polar surface area (TPSA) is 63.6 Å². The normalized spacial score (nSPS) is 12.7. The Morgan fingerprint density at radius 2 is 1.31 bits per heavy atom. The summed E-state index contributed by atoms with van der Waals surface area (Å²) < 4.78 is 0. The molecule has 0 N–H and O–H groups in total. The number of benzene rings is 4. The van der Waals surface area contributed by atoms with Gasteiger partial charge in [0.1, 0.15) is 0 Å². The fraction of sp³-hybridized carbons (Fsp3) is 0.0323. The van der Waals surface area contributed by atoms with Crippen molar-refractivity contribution >= 4 is 35.3 Å². The van der Waals surface area contributed by atoms with Crippen LogP contribution >= 0.6 is 0 Å². The molecular weight excluding hydrogens is 434 g/mol. The molecule has 168 valence electrons. The Labute approximate surface area is 203 Å². The van der Waals surface area contributed by atoms with E-state index in [9.17, 15) is 14.4 Å². The van der Waals surface area contributed by atoms with Gasteiger partial charge in [-0.2, -0.15) is 0 Å². The third-order valence-corrected chi connectivity index (χ3v) is 5.98. The van der Waals surface area contributed by atoms with Crippen LogP contribution in [0.2, 0.25) is 0 Å². The van der Waals surface area contributed by atoms with Gasteiger partial charge in [0.25, 0.3) is 0 Å². The Hall–Kier alpha value is -4.70. The number of nitrogens with zero attached hydrogens (tertiary/aromatic N) is 1. The van der Waals surface area contributed by atoms with Crippen LogP contribution in [0.3, 0.4) is 0 Å². The summed E-state index contributed by atoms with van der Waals surface area (Å²) in [5, 5.41) is 0. The molecule has 0 saturated heterocycles. The smallest absolute Gasteiger partial charge is 0.195 e. The number of carbonyl (C=O) groups excluding carboxylic acids is 3. The zero-order chi connectivity index (χ0) is 24.4. The first kappa shape index (κ1) is 22.1. The highest BCUT2D eigenvalue weighted by Crippen LogP contribution is 2.30. The van der Waals surface area contributed by atoms with E-state index >= 15 is 0 Å². The Kier molecular flexibility index (Phi) is 5.86. The first-order chi connectivity index (χ1) is 17.0. The Morgan fingerprint density at radius 1 is 0.686 bits per heavy atom. The number of aryl methyl sites for hydroxylation is 1. The molecule has 35 heavy (non-hydrogen) atoms. The predicted molar refractivity (Wildman–Crippen MR) is 138 cm³/mol. The van der Waals surface area contributed by atoms with Crippen LogP contribution in [0.5, 0.6) is 0 Å². The number of allylic oxidation sites excluding steroid dienone is 1. The standard InChI is InChI=1S/C31H21NO3/c1-20-9-16-23(17-10-20)32-19-22-13-11-21(12-14-22)15-18-28(33)26-7-4-8-27-29(26)31(35)25-6-3-2-5-24(25)30(27)34/h2-19H,1H3/b18-15+,32-19?. The van der Waals surface area contributed by atoms with E-state index in [-0.39, 0.29) is 34.0 Å². The van der Waals surface area contributed by atoms with Crippen LogP contribution in [0.1, 0.15) is 58.9 Å². The first-order valence-electron chi connectivity index (χ1n) is 11.3. The van der Waals surface area contributed by atoms with Crippen molar-refractivity contribution in [3.8, 4) is 0 Å². The van der Waals surface area contributed by atoms with E-state index in [0.717, 1.165) is 16.8 Å². The number of ketones is 3. The molecule has 0 amide bonds. The minimum atomic E-state index is -0.326. The monoisotopic (exact) mass is 455 g/mol. The minimum Gasteiger partial charge on any atom is -0.289 e. The molecule has 4 heteroatoms. The van der Waals surface area contributed by atoms with Crippen molar-refractivity contribution in [1.29, 1.82) is 0 Å². The van der Waals surface area contributed by atoms with Crippen molar-refractivity contribution in [2.75, 3.05) is 0 Å². The van der Waals surface area contributed by atoms with Gasteiger partial charge in [0.2, 0.25) is 0 Å². The van der Waals surface area contributed by atoms with Gasteiger partial charge in [0.15, 0.2) is 17.3 Å². The van der Waals surface area contributed by atoms with Gasteiger partial charge in [0, 0.05) is 34.0 Å². The molecule has 0 aliphatic heterocycles. The summed E-state index contributed by atoms with van der Waals surface area (Å²) in [6.07, 6.45) is 4.93. The second-order valence-electron chi connectivity index (χ2n) is 8.39. The largest absolute Gasteiger partial charge is 0.289 e. The summed E-state index contributed by atoms with van der Waals surface area (Å²) in [7, 11) is 0. The molecule has 0 atom stereocenters. The fourth-order valence-electron chi connectivity index (χ4n) is 4.09. The Bertz CT molecular complexity index is 1520. The number of fused-ring (bicyclic) bond motifs is 2. The van der Waals surface area contributed by atoms with Gasteiger partial charge in [0.05, 0.1) is 5.69 Å². The molecular formula is C31H21NO3. The van der Waals surface area contributed by atoms with E-state index in [0.29, 0.717) is 11.1 Å². The molecule has 0 fully saturated rings. The van der Waals surface area contributed by atoms with Crippen LogP contribution in [0.25, 0.3) is 6.08 Å². The molecule has 4 aromatic rings. The highest BCUT2D eigenvalue weighted by atomic mass is 16.1. The molecule has 0 saturated carbocycles. The average molecular weight is 456 g/mol. The van der Waals surface area contributed by atoms with E-state index in [1.165, 1.54) is 11.6 Å². The lowest BCUT2D eigenvalue weighted by Gasteiger charge is -2.19. The Morgan fingerprint density at radius 3 is 2.03 bits per heavy atom. The average Bonchev–Trinajstić information content (AvgIpc) is 2.90. The highest BCUT2D eigenvalue weighted by Gasteiger charge is 2.32. The number of hydrogen-bond donors (Lipinski definition) is 0. The van der Waals surface area contributed by atoms with E-state index in [2.05, 4.69) is 4.99 Å². The molecule has 0 heterocycles. The van der Waals surface area contributed by atoms with Crippen LogP contribution in [0.4, 0.5) is 5.69 Å². The van der Waals surface area contributed by atoms with Crippen LogP contribution in [0.15, 0.2) is 102 Å². The molecule has 4 nitrogen and oxygen atoms in total. The molecule has 5 rings (SSSR count). The molecule has 0 radical (unpaired) electrons. The maximum atomic E-state index is 13.1. The van der Waals surface area contributed by atoms with Crippen molar-refractivity contribution in [3.63, 3.8) is 0 Å². The third-order valence-electron chi connectivity index (χ3n) is 5.98. The molecule has 4 aromatic carbocycles.